The Morgan fingerprint density at radius 3 is 2.67 bits per heavy atom. The number of amides is 1. The standard InChI is InChI=1S/C25H29AsFN3O3/c27-22-6-2-3-18(15-22)20(16-23(31)32)13-17-7-11-30(12-8-17)24(33)19-4-1-5-21(14-19)26-25-28-9-10-29-25/h1-6,14-15,17,20,26H,7-13,16H2,(H,28,29)(H,31,32). The van der Waals surface area contributed by atoms with Crippen molar-refractivity contribution in [1.29, 1.82) is 0 Å². The van der Waals surface area contributed by atoms with Crippen molar-refractivity contribution in [3.05, 3.63) is 65.5 Å². The first-order valence-corrected chi connectivity index (χ1v) is 13.5. The van der Waals surface area contributed by atoms with Crippen molar-refractivity contribution in [2.45, 2.75) is 31.6 Å². The molecular formula is C25H29AsFN3O3. The van der Waals surface area contributed by atoms with Crippen LogP contribution in [-0.2, 0) is 4.79 Å². The minimum atomic E-state index is -0.876. The Bertz CT molecular complexity index is 1040. The van der Waals surface area contributed by atoms with Gasteiger partial charge < -0.3 is 5.11 Å². The zero-order valence-electron chi connectivity index (χ0n) is 18.5. The van der Waals surface area contributed by atoms with Crippen molar-refractivity contribution in [3.8, 4) is 0 Å². The van der Waals surface area contributed by atoms with Crippen LogP contribution in [-0.4, -0.2) is 68.4 Å². The van der Waals surface area contributed by atoms with Gasteiger partial charge >= 0.3 is 168 Å². The van der Waals surface area contributed by atoms with Crippen LogP contribution in [0.5, 0.6) is 0 Å². The van der Waals surface area contributed by atoms with Crippen LogP contribution in [0.4, 0.5) is 4.39 Å². The van der Waals surface area contributed by atoms with Crippen molar-refractivity contribution in [2.24, 2.45) is 10.9 Å². The van der Waals surface area contributed by atoms with E-state index in [1.165, 1.54) is 16.5 Å². The molecule has 0 saturated carbocycles. The molecule has 2 aromatic rings. The fraction of sp³-hybridized carbons (Fsp3) is 0.400. The molecule has 0 aromatic heterocycles. The number of carboxylic acid groups (broad SMARTS) is 1. The number of rotatable bonds is 8. The summed E-state index contributed by atoms with van der Waals surface area (Å²) < 4.78 is 16.0. The van der Waals surface area contributed by atoms with Gasteiger partial charge in [-0.25, -0.2) is 4.39 Å². The molecule has 0 aliphatic carbocycles. The van der Waals surface area contributed by atoms with Gasteiger partial charge in [-0.05, 0) is 6.07 Å². The van der Waals surface area contributed by atoms with Crippen molar-refractivity contribution >= 4 is 36.6 Å². The fourth-order valence-corrected chi connectivity index (χ4v) is 6.89. The summed E-state index contributed by atoms with van der Waals surface area (Å²) in [5.74, 6) is -1.08. The molecule has 6 nitrogen and oxygen atoms in total. The summed E-state index contributed by atoms with van der Waals surface area (Å²) in [7, 11) is 0. The molecule has 4 rings (SSSR count). The van der Waals surface area contributed by atoms with E-state index in [9.17, 15) is 19.1 Å². The third-order valence-electron chi connectivity index (χ3n) is 6.31. The maximum absolute atomic E-state index is 13.7. The van der Waals surface area contributed by atoms with Crippen LogP contribution in [0.3, 0.4) is 0 Å². The number of aliphatic imine (C=N–C) groups is 1. The summed E-state index contributed by atoms with van der Waals surface area (Å²) in [5, 5.41) is 12.7. The Labute approximate surface area is 200 Å². The molecule has 0 spiro atoms. The van der Waals surface area contributed by atoms with Gasteiger partial charge in [0.05, 0.1) is 0 Å². The molecule has 2 atom stereocenters. The van der Waals surface area contributed by atoms with Crippen LogP contribution in [0.15, 0.2) is 53.5 Å². The number of aliphatic carboxylic acids is 1. The molecule has 33 heavy (non-hydrogen) atoms. The first kappa shape index (κ1) is 23.5. The number of carbonyl (C=O) groups excluding carboxylic acids is 1. The van der Waals surface area contributed by atoms with Crippen molar-refractivity contribution < 1.29 is 19.1 Å². The number of carbonyl (C=O) groups is 2. The van der Waals surface area contributed by atoms with E-state index in [0.717, 1.165) is 41.7 Å². The van der Waals surface area contributed by atoms with Gasteiger partial charge in [0.2, 0.25) is 0 Å². The average molecular weight is 513 g/mol. The van der Waals surface area contributed by atoms with Gasteiger partial charge in [-0.3, -0.25) is 4.79 Å². The van der Waals surface area contributed by atoms with Crippen LogP contribution in [0, 0.1) is 11.7 Å². The van der Waals surface area contributed by atoms with E-state index in [-0.39, 0.29) is 24.1 Å². The molecule has 1 saturated heterocycles. The quantitative estimate of drug-likeness (QED) is 0.532. The van der Waals surface area contributed by atoms with Crippen LogP contribution in [0.25, 0.3) is 0 Å². The minimum absolute atomic E-state index is 0.0148. The Hall–Kier alpha value is -2.66. The van der Waals surface area contributed by atoms with Crippen molar-refractivity contribution in [3.63, 3.8) is 0 Å². The number of amidine groups is 1. The number of carboxylic acids is 1. The summed E-state index contributed by atoms with van der Waals surface area (Å²) in [4.78, 5) is 30.9. The first-order valence-electron chi connectivity index (χ1n) is 11.4. The summed E-state index contributed by atoms with van der Waals surface area (Å²) in [5.41, 5.74) is 1.45. The third-order valence-corrected chi connectivity index (χ3v) is 8.76. The van der Waals surface area contributed by atoms with Gasteiger partial charge in [-0.15, -0.1) is 0 Å². The van der Waals surface area contributed by atoms with E-state index in [2.05, 4.69) is 16.4 Å². The number of hydrogen-bond acceptors (Lipinski definition) is 4. The van der Waals surface area contributed by atoms with Crippen LogP contribution in [0.1, 0.15) is 47.5 Å². The topological polar surface area (TPSA) is 82.0 Å². The van der Waals surface area contributed by atoms with E-state index < -0.39 is 21.7 Å². The molecule has 2 aliphatic rings. The predicted molar refractivity (Wildman–Crippen MR) is 128 cm³/mol. The number of hydrogen-bond donors (Lipinski definition) is 2. The predicted octanol–water partition coefficient (Wildman–Crippen LogP) is 2.35. The number of halogens is 1. The van der Waals surface area contributed by atoms with Crippen LogP contribution in [0.2, 0.25) is 0 Å². The second kappa shape index (κ2) is 11.0. The second-order valence-corrected chi connectivity index (χ2v) is 11.4. The molecule has 174 valence electrons. The number of nitrogens with zero attached hydrogens (tertiary/aromatic N) is 2. The Morgan fingerprint density at radius 2 is 1.97 bits per heavy atom. The van der Waals surface area contributed by atoms with Crippen LogP contribution >= 0.6 is 0 Å². The Balaban J connectivity index is 1.35. The van der Waals surface area contributed by atoms with Gasteiger partial charge in [0, 0.05) is 0 Å². The molecule has 0 radical (unpaired) electrons. The normalized spacial score (nSPS) is 17.7. The van der Waals surface area contributed by atoms with Crippen molar-refractivity contribution in [1.82, 2.24) is 10.2 Å². The molecule has 2 aliphatic heterocycles. The van der Waals surface area contributed by atoms with E-state index >= 15 is 0 Å². The number of benzene rings is 2. The van der Waals surface area contributed by atoms with E-state index in [1.807, 2.05) is 23.1 Å². The average Bonchev–Trinajstić information content (AvgIpc) is 3.31. The molecule has 1 fully saturated rings. The maximum atomic E-state index is 13.7. The van der Waals surface area contributed by atoms with E-state index in [0.29, 0.717) is 25.4 Å². The Morgan fingerprint density at radius 1 is 1.18 bits per heavy atom. The number of likely N-dealkylation sites (tertiary alicyclic amines) is 1. The molecular weight excluding hydrogens is 484 g/mol. The van der Waals surface area contributed by atoms with Gasteiger partial charge in [-0.2, -0.15) is 0 Å². The number of nitrogens with one attached hydrogen (secondary N) is 1. The van der Waals surface area contributed by atoms with E-state index in [4.69, 9.17) is 0 Å². The molecule has 2 N–H and O–H groups in total. The van der Waals surface area contributed by atoms with Gasteiger partial charge in [-0.1, -0.05) is 6.07 Å². The zero-order chi connectivity index (χ0) is 23.2. The molecule has 0 bridgehead atoms. The van der Waals surface area contributed by atoms with Crippen LogP contribution < -0.4 is 9.67 Å². The summed E-state index contributed by atoms with van der Waals surface area (Å²) in [6.45, 7) is 3.04. The van der Waals surface area contributed by atoms with Gasteiger partial charge in [0.1, 0.15) is 5.82 Å². The molecule has 2 aromatic carbocycles. The van der Waals surface area contributed by atoms with Crippen molar-refractivity contribution in [2.75, 3.05) is 26.2 Å². The molecule has 1 amide bonds. The SMILES string of the molecule is O=C(O)CC(CC1CCN(C(=O)c2cccc([AsH]C3=NCCN3)c2)CC1)c1cccc(F)c1. The van der Waals surface area contributed by atoms with E-state index in [1.54, 1.807) is 12.1 Å². The number of piperidine rings is 1. The summed E-state index contributed by atoms with van der Waals surface area (Å²) in [6, 6.07) is 14.1. The first-order chi connectivity index (χ1) is 16.0. The third kappa shape index (κ3) is 6.44. The minimum Gasteiger partial charge on any atom is -0.207 e. The smallest absolute Gasteiger partial charge is 0.207 e. The summed E-state index contributed by atoms with van der Waals surface area (Å²) >= 11 is -0.544. The molecule has 2 heterocycles. The fourth-order valence-electron chi connectivity index (χ4n) is 4.61. The monoisotopic (exact) mass is 513 g/mol. The Kier molecular flexibility index (Phi) is 7.81. The summed E-state index contributed by atoms with van der Waals surface area (Å²) in [6.07, 6.45) is 2.32. The van der Waals surface area contributed by atoms with Gasteiger partial charge in [0.15, 0.2) is 0 Å². The molecule has 2 unspecified atom stereocenters. The molecule has 8 heteroatoms. The zero-order valence-corrected chi connectivity index (χ0v) is 20.6. The second-order valence-electron chi connectivity index (χ2n) is 8.68. The van der Waals surface area contributed by atoms with Gasteiger partial charge in [0.25, 0.3) is 0 Å².